The number of carbonyl (C=O) groups excluding carboxylic acids is 1. The van der Waals surface area contributed by atoms with Gasteiger partial charge in [-0.3, -0.25) is 4.79 Å². The SMILES string of the molecule is CN1C(=O)CC=C1C(C)(C)C. The first-order chi connectivity index (χ1) is 4.93. The van der Waals surface area contributed by atoms with Crippen molar-refractivity contribution in [2.24, 2.45) is 5.41 Å². The second-order valence-corrected chi connectivity index (χ2v) is 4.00. The second kappa shape index (κ2) is 2.36. The van der Waals surface area contributed by atoms with Crippen LogP contribution in [0.25, 0.3) is 0 Å². The van der Waals surface area contributed by atoms with Crippen molar-refractivity contribution in [3.63, 3.8) is 0 Å². The number of carbonyl (C=O) groups is 1. The summed E-state index contributed by atoms with van der Waals surface area (Å²) in [5.41, 5.74) is 1.24. The lowest BCUT2D eigenvalue weighted by Crippen LogP contribution is -2.26. The van der Waals surface area contributed by atoms with Crippen molar-refractivity contribution >= 4 is 5.91 Å². The summed E-state index contributed by atoms with van der Waals surface area (Å²) in [7, 11) is 1.84. The van der Waals surface area contributed by atoms with Crippen LogP contribution in [0.15, 0.2) is 11.8 Å². The van der Waals surface area contributed by atoms with Gasteiger partial charge in [-0.15, -0.1) is 0 Å². The molecule has 0 saturated carbocycles. The normalized spacial score (nSPS) is 19.1. The monoisotopic (exact) mass is 153 g/mol. The first-order valence-corrected chi connectivity index (χ1v) is 3.90. The predicted molar refractivity (Wildman–Crippen MR) is 44.9 cm³/mol. The van der Waals surface area contributed by atoms with Crippen molar-refractivity contribution in [1.29, 1.82) is 0 Å². The number of nitrogens with zero attached hydrogens (tertiary/aromatic N) is 1. The Labute approximate surface area is 67.9 Å². The molecule has 0 fully saturated rings. The summed E-state index contributed by atoms with van der Waals surface area (Å²) in [6.45, 7) is 6.36. The molecule has 0 atom stereocenters. The van der Waals surface area contributed by atoms with Gasteiger partial charge in [0.15, 0.2) is 0 Å². The van der Waals surface area contributed by atoms with Crippen LogP contribution in [0.4, 0.5) is 0 Å². The van der Waals surface area contributed by atoms with E-state index in [2.05, 4.69) is 20.8 Å². The van der Waals surface area contributed by atoms with E-state index in [-0.39, 0.29) is 11.3 Å². The number of hydrogen-bond donors (Lipinski definition) is 0. The molecule has 62 valence electrons. The fraction of sp³-hybridized carbons (Fsp3) is 0.667. The smallest absolute Gasteiger partial charge is 0.230 e. The summed E-state index contributed by atoms with van der Waals surface area (Å²) in [6.07, 6.45) is 2.59. The van der Waals surface area contributed by atoms with Crippen LogP contribution >= 0.6 is 0 Å². The van der Waals surface area contributed by atoms with Gasteiger partial charge in [0.2, 0.25) is 5.91 Å². The maximum absolute atomic E-state index is 11.1. The quantitative estimate of drug-likeness (QED) is 0.519. The Morgan fingerprint density at radius 2 is 2.00 bits per heavy atom. The number of hydrogen-bond acceptors (Lipinski definition) is 1. The summed E-state index contributed by atoms with van der Waals surface area (Å²) in [5, 5.41) is 0. The molecular weight excluding hydrogens is 138 g/mol. The van der Waals surface area contributed by atoms with Crippen molar-refractivity contribution in [3.8, 4) is 0 Å². The van der Waals surface area contributed by atoms with Crippen molar-refractivity contribution in [2.45, 2.75) is 27.2 Å². The van der Waals surface area contributed by atoms with E-state index in [1.165, 1.54) is 0 Å². The maximum Gasteiger partial charge on any atom is 0.230 e. The molecule has 0 aromatic heterocycles. The summed E-state index contributed by atoms with van der Waals surface area (Å²) < 4.78 is 0. The fourth-order valence-corrected chi connectivity index (χ4v) is 1.40. The molecule has 1 aliphatic rings. The maximum atomic E-state index is 11.1. The van der Waals surface area contributed by atoms with Crippen LogP contribution in [0.2, 0.25) is 0 Å². The Kier molecular flexibility index (Phi) is 1.78. The molecule has 0 aliphatic carbocycles. The molecule has 0 N–H and O–H groups in total. The molecule has 2 heteroatoms. The van der Waals surface area contributed by atoms with Crippen molar-refractivity contribution in [1.82, 2.24) is 4.90 Å². The van der Waals surface area contributed by atoms with Crippen LogP contribution in [0.1, 0.15) is 27.2 Å². The minimum atomic E-state index is 0.0981. The second-order valence-electron chi connectivity index (χ2n) is 4.00. The molecule has 11 heavy (non-hydrogen) atoms. The van der Waals surface area contributed by atoms with Crippen LogP contribution in [0.5, 0.6) is 0 Å². The van der Waals surface area contributed by atoms with Crippen molar-refractivity contribution in [2.75, 3.05) is 7.05 Å². The van der Waals surface area contributed by atoms with E-state index in [4.69, 9.17) is 0 Å². The Morgan fingerprint density at radius 3 is 2.18 bits per heavy atom. The fourth-order valence-electron chi connectivity index (χ4n) is 1.40. The van der Waals surface area contributed by atoms with Gasteiger partial charge in [0.05, 0.1) is 0 Å². The van der Waals surface area contributed by atoms with Crippen LogP contribution < -0.4 is 0 Å². The minimum Gasteiger partial charge on any atom is -0.319 e. The lowest BCUT2D eigenvalue weighted by atomic mass is 9.92. The summed E-state index contributed by atoms with van der Waals surface area (Å²) in [6, 6.07) is 0. The largest absolute Gasteiger partial charge is 0.319 e. The van der Waals surface area contributed by atoms with E-state index in [0.29, 0.717) is 6.42 Å². The highest BCUT2D eigenvalue weighted by Gasteiger charge is 2.28. The van der Waals surface area contributed by atoms with Crippen LogP contribution in [-0.2, 0) is 4.79 Å². The summed E-state index contributed by atoms with van der Waals surface area (Å²) in [4.78, 5) is 12.9. The topological polar surface area (TPSA) is 20.3 Å². The number of rotatable bonds is 0. The van der Waals surface area contributed by atoms with Crippen LogP contribution in [0, 0.1) is 5.41 Å². The van der Waals surface area contributed by atoms with Gasteiger partial charge in [-0.05, 0) is 0 Å². The molecular formula is C9H15NO. The third-order valence-electron chi connectivity index (χ3n) is 1.97. The molecule has 1 amide bonds. The molecule has 0 saturated heterocycles. The van der Waals surface area contributed by atoms with Crippen LogP contribution in [-0.4, -0.2) is 17.9 Å². The van der Waals surface area contributed by atoms with Gasteiger partial charge < -0.3 is 4.90 Å². The van der Waals surface area contributed by atoms with E-state index in [1.807, 2.05) is 13.1 Å². The van der Waals surface area contributed by atoms with Crippen LogP contribution in [0.3, 0.4) is 0 Å². The van der Waals surface area contributed by atoms with Gasteiger partial charge in [0.25, 0.3) is 0 Å². The van der Waals surface area contributed by atoms with Gasteiger partial charge in [-0.25, -0.2) is 0 Å². The highest BCUT2D eigenvalue weighted by Crippen LogP contribution is 2.31. The Morgan fingerprint density at radius 1 is 1.45 bits per heavy atom. The zero-order chi connectivity index (χ0) is 8.65. The number of amides is 1. The summed E-state index contributed by atoms with van der Waals surface area (Å²) in [5.74, 6) is 0.204. The lowest BCUT2D eigenvalue weighted by Gasteiger charge is -2.26. The zero-order valence-electron chi connectivity index (χ0n) is 7.64. The molecule has 0 aromatic rings. The van der Waals surface area contributed by atoms with E-state index >= 15 is 0 Å². The first kappa shape index (κ1) is 8.31. The van der Waals surface area contributed by atoms with Crippen molar-refractivity contribution < 1.29 is 4.79 Å². The highest BCUT2D eigenvalue weighted by molar-refractivity contribution is 5.82. The average Bonchev–Trinajstić information content (AvgIpc) is 2.11. The molecule has 1 rings (SSSR count). The molecule has 0 bridgehead atoms. The average molecular weight is 153 g/mol. The van der Waals surface area contributed by atoms with E-state index in [9.17, 15) is 4.79 Å². The van der Waals surface area contributed by atoms with Gasteiger partial charge in [0, 0.05) is 24.6 Å². The zero-order valence-corrected chi connectivity index (χ0v) is 7.64. The van der Waals surface area contributed by atoms with E-state index < -0.39 is 0 Å². The third-order valence-corrected chi connectivity index (χ3v) is 1.97. The summed E-state index contributed by atoms with van der Waals surface area (Å²) >= 11 is 0. The Balaban J connectivity index is 2.84. The predicted octanol–water partition coefficient (Wildman–Crippen LogP) is 1.78. The van der Waals surface area contributed by atoms with Gasteiger partial charge in [0.1, 0.15) is 0 Å². The highest BCUT2D eigenvalue weighted by atomic mass is 16.2. The van der Waals surface area contributed by atoms with Crippen molar-refractivity contribution in [3.05, 3.63) is 11.8 Å². The van der Waals surface area contributed by atoms with E-state index in [0.717, 1.165) is 5.70 Å². The lowest BCUT2D eigenvalue weighted by molar-refractivity contribution is -0.126. The Bertz CT molecular complexity index is 210. The van der Waals surface area contributed by atoms with E-state index in [1.54, 1.807) is 4.90 Å². The van der Waals surface area contributed by atoms with Gasteiger partial charge >= 0.3 is 0 Å². The molecule has 0 unspecified atom stereocenters. The molecule has 2 nitrogen and oxygen atoms in total. The van der Waals surface area contributed by atoms with Gasteiger partial charge in [-0.2, -0.15) is 0 Å². The minimum absolute atomic E-state index is 0.0981. The molecule has 1 aliphatic heterocycles. The Hall–Kier alpha value is -0.790. The first-order valence-electron chi connectivity index (χ1n) is 3.90. The number of allylic oxidation sites excluding steroid dienone is 1. The molecule has 0 spiro atoms. The third kappa shape index (κ3) is 1.44. The standard InChI is InChI=1S/C9H15NO/c1-9(2,3)7-5-6-8(11)10(7)4/h5H,6H2,1-4H3. The molecule has 0 aromatic carbocycles. The van der Waals surface area contributed by atoms with Gasteiger partial charge in [-0.1, -0.05) is 26.8 Å². The molecule has 0 radical (unpaired) electrons. The molecule has 1 heterocycles.